The van der Waals surface area contributed by atoms with Gasteiger partial charge in [0.2, 0.25) is 0 Å². The summed E-state index contributed by atoms with van der Waals surface area (Å²) in [5.74, 6) is -1.21. The Morgan fingerprint density at radius 1 is 0.561 bits per heavy atom. The van der Waals surface area contributed by atoms with Gasteiger partial charge in [0, 0.05) is 0 Å². The molecular weight excluding hydrogens is 552 g/mol. The topological polar surface area (TPSA) is 52.6 Å². The van der Waals surface area contributed by atoms with E-state index < -0.39 is 11.9 Å². The monoisotopic (exact) mass is 607 g/mol. The molecule has 0 bridgehead atoms. The minimum atomic E-state index is -0.698. The molecule has 0 saturated carbocycles. The molecule has 0 amide bonds. The van der Waals surface area contributed by atoms with Crippen LogP contribution in [0.5, 0.6) is 0 Å². The smallest absolute Gasteiger partial charge is 0.0885 e. The third kappa shape index (κ3) is 30.6. The van der Waals surface area contributed by atoms with E-state index in [0.717, 1.165) is 109 Å². The van der Waals surface area contributed by atoms with Crippen molar-refractivity contribution in [1.29, 1.82) is 0 Å². The van der Waals surface area contributed by atoms with Crippen molar-refractivity contribution in [2.45, 2.75) is 129 Å². The summed E-state index contributed by atoms with van der Waals surface area (Å²) in [7, 11) is 0. The van der Waals surface area contributed by atoms with Gasteiger partial charge in [-0.2, -0.15) is 0 Å². The minimum Gasteiger partial charge on any atom is -0.0885 e. The zero-order valence-corrected chi connectivity index (χ0v) is 26.8. The van der Waals surface area contributed by atoms with Gasteiger partial charge in [-0.3, -0.25) is 0 Å². The Hall–Kier alpha value is -2.23. The Morgan fingerprint density at radius 2 is 1.00 bits per heavy atom. The van der Waals surface area contributed by atoms with Gasteiger partial charge in [0.25, 0.3) is 0 Å². The standard InChI is InChI=1S/C36H55O4.Fe/c1-3-5-7-9-11-13-15-17-19-21-23-25-27-29-31-33-35(37)39-40-36(38)34-32-30-28-26-24-22-20-18-16-14-12-10-8-6-4-2;/h5-8,11-14,17-20,31H,3-4,9-10,15-16,21-30,32,34H2,1-2H3;/q-1;+1/b7-5-,8-6-,13-11-,14-12-,19-17-,20-18-;. The van der Waals surface area contributed by atoms with Gasteiger partial charge in [0.15, 0.2) is 0 Å². The maximum atomic E-state index is 12.0. The molecule has 0 heterocycles. The third-order valence-electron chi connectivity index (χ3n) is 6.11. The van der Waals surface area contributed by atoms with Gasteiger partial charge >= 0.3 is 165 Å². The quantitative estimate of drug-likeness (QED) is 0.0245. The molecule has 41 heavy (non-hydrogen) atoms. The van der Waals surface area contributed by atoms with Gasteiger partial charge in [0.05, 0.1) is 0 Å². The second-order valence-electron chi connectivity index (χ2n) is 9.90. The van der Waals surface area contributed by atoms with E-state index in [1.54, 1.807) is 6.42 Å². The van der Waals surface area contributed by atoms with Gasteiger partial charge in [0.1, 0.15) is 0 Å². The second-order valence-corrected chi connectivity index (χ2v) is 10.5. The molecule has 0 fully saturated rings. The van der Waals surface area contributed by atoms with Crippen LogP contribution in [0.4, 0.5) is 0 Å². The molecule has 4 nitrogen and oxygen atoms in total. The van der Waals surface area contributed by atoms with Crippen LogP contribution in [0.15, 0.2) is 72.9 Å². The van der Waals surface area contributed by atoms with Crippen molar-refractivity contribution >= 4 is 16.4 Å². The molecule has 0 aliphatic heterocycles. The fourth-order valence-electron chi connectivity index (χ4n) is 3.77. The predicted octanol–water partition coefficient (Wildman–Crippen LogP) is 10.3. The number of carbonyl (C=O) groups is 2. The van der Waals surface area contributed by atoms with E-state index in [-0.39, 0.29) is 10.8 Å². The Kier molecular flexibility index (Phi) is 30.5. The number of carbonyl (C=O) groups excluding carboxylic acids is 2. The summed E-state index contributed by atoms with van der Waals surface area (Å²) >= 11 is 3.72. The van der Waals surface area contributed by atoms with Crippen LogP contribution >= 0.6 is 0 Å². The molecule has 231 valence electrons. The Balaban J connectivity index is 3.59. The molecule has 0 aromatic heterocycles. The molecule has 0 spiro atoms. The summed E-state index contributed by atoms with van der Waals surface area (Å²) in [6.07, 6.45) is 45.8. The van der Waals surface area contributed by atoms with Crippen LogP contribution < -0.4 is 0 Å². The van der Waals surface area contributed by atoms with Gasteiger partial charge < -0.3 is 0 Å². The van der Waals surface area contributed by atoms with Crippen LogP contribution in [0.2, 0.25) is 0 Å². The van der Waals surface area contributed by atoms with Gasteiger partial charge in [-0.05, 0) is 32.1 Å². The van der Waals surface area contributed by atoms with Crippen molar-refractivity contribution in [3.63, 3.8) is 0 Å². The summed E-state index contributed by atoms with van der Waals surface area (Å²) in [5.41, 5.74) is 0. The van der Waals surface area contributed by atoms with Crippen molar-refractivity contribution < 1.29 is 34.9 Å². The maximum absolute atomic E-state index is 12.0. The molecule has 0 aromatic carbocycles. The molecule has 0 aromatic rings. The molecule has 0 rings (SSSR count). The molecular formula is C36H55FeO4. The van der Waals surface area contributed by atoms with Crippen molar-refractivity contribution in [1.82, 2.24) is 0 Å². The Morgan fingerprint density at radius 3 is 1.54 bits per heavy atom. The first-order valence-corrected chi connectivity index (χ1v) is 16.3. The molecule has 0 N–H and O–H groups in total. The first-order valence-electron chi connectivity index (χ1n) is 15.8. The summed E-state index contributed by atoms with van der Waals surface area (Å²) < 4.78 is 0.229. The molecule has 0 atom stereocenters. The van der Waals surface area contributed by atoms with Crippen LogP contribution in [0, 0.1) is 6.42 Å². The van der Waals surface area contributed by atoms with Crippen LogP contribution in [0.25, 0.3) is 0 Å². The molecule has 0 radical (unpaired) electrons. The van der Waals surface area contributed by atoms with Crippen molar-refractivity contribution in [3.05, 3.63) is 79.3 Å². The average molecular weight is 608 g/mol. The first-order chi connectivity index (χ1) is 20.1. The molecule has 0 unspecified atom stereocenters. The van der Waals surface area contributed by atoms with E-state index in [1.807, 2.05) is 0 Å². The van der Waals surface area contributed by atoms with E-state index in [0.29, 0.717) is 0 Å². The van der Waals surface area contributed by atoms with Gasteiger partial charge in [-0.1, -0.05) is 62.5 Å². The minimum absolute atomic E-state index is 0.229. The van der Waals surface area contributed by atoms with E-state index in [1.165, 1.54) is 0 Å². The zero-order valence-electron chi connectivity index (χ0n) is 25.7. The fourth-order valence-corrected chi connectivity index (χ4v) is 3.98. The van der Waals surface area contributed by atoms with E-state index in [4.69, 9.17) is 0 Å². The SMILES string of the molecule is CC/C=C\C/C=C\C/C=C\CCCCC[CH-][C](=[Fe+])C(=O)OOC(=O)CCCCCCC/C=C\C/C=C\C/C=C\CC. The summed E-state index contributed by atoms with van der Waals surface area (Å²) in [6.45, 7) is 4.29. The second kappa shape index (κ2) is 32.3. The summed E-state index contributed by atoms with van der Waals surface area (Å²) in [5, 5.41) is 0. The summed E-state index contributed by atoms with van der Waals surface area (Å²) in [4.78, 5) is 33.1. The van der Waals surface area contributed by atoms with Gasteiger partial charge in [-0.15, -0.1) is 0 Å². The molecule has 5 heteroatoms. The van der Waals surface area contributed by atoms with Crippen LogP contribution in [0.1, 0.15) is 129 Å². The normalized spacial score (nSPS) is 12.2. The number of hydrogen-bond acceptors (Lipinski definition) is 4. The Bertz CT molecular complexity index is 833. The first kappa shape index (κ1) is 38.8. The number of rotatable bonds is 26. The summed E-state index contributed by atoms with van der Waals surface area (Å²) in [6, 6.07) is 0. The van der Waals surface area contributed by atoms with Crippen LogP contribution in [0.3, 0.4) is 0 Å². The third-order valence-corrected chi connectivity index (χ3v) is 6.56. The molecule has 0 aliphatic rings. The number of unbranched alkanes of at least 4 members (excludes halogenated alkanes) is 9. The molecule has 0 saturated heterocycles. The Labute approximate surface area is 259 Å². The van der Waals surface area contributed by atoms with Crippen molar-refractivity contribution in [2.75, 3.05) is 0 Å². The van der Waals surface area contributed by atoms with E-state index in [9.17, 15) is 9.59 Å². The predicted molar refractivity (Wildman–Crippen MR) is 171 cm³/mol. The van der Waals surface area contributed by atoms with Crippen molar-refractivity contribution in [2.24, 2.45) is 0 Å². The zero-order chi connectivity index (χ0) is 30.1. The molecule has 0 aliphatic carbocycles. The fraction of sp³-hybridized carbons (Fsp3) is 0.556. The number of allylic oxidation sites excluding steroid dienone is 12. The van der Waals surface area contributed by atoms with Crippen LogP contribution in [-0.4, -0.2) is 16.4 Å². The average Bonchev–Trinajstić information content (AvgIpc) is 2.97. The van der Waals surface area contributed by atoms with E-state index >= 15 is 0 Å². The van der Waals surface area contributed by atoms with Crippen molar-refractivity contribution in [3.8, 4) is 0 Å². The van der Waals surface area contributed by atoms with Gasteiger partial charge in [-0.25, -0.2) is 0 Å². The van der Waals surface area contributed by atoms with Crippen LogP contribution in [-0.2, 0) is 34.9 Å². The number of hydrogen-bond donors (Lipinski definition) is 0. The van der Waals surface area contributed by atoms with E-state index in [2.05, 4.69) is 112 Å².